The number of ether oxygens (including phenoxy) is 1. The van der Waals surface area contributed by atoms with E-state index in [1.54, 1.807) is 0 Å². The summed E-state index contributed by atoms with van der Waals surface area (Å²) in [4.78, 5) is 11.8. The van der Waals surface area contributed by atoms with Gasteiger partial charge < -0.3 is 10.1 Å². The minimum absolute atomic E-state index is 0.151. The molecule has 16 heavy (non-hydrogen) atoms. The first kappa shape index (κ1) is 11.4. The van der Waals surface area contributed by atoms with E-state index in [0.717, 1.165) is 18.9 Å². The Labute approximate surface area is 99.6 Å². The maximum absolute atomic E-state index is 5.73. The normalized spacial score (nSPS) is 15.6. The molecule has 5 nitrogen and oxygen atoms in total. The Hall–Kier alpha value is -1.10. The Morgan fingerprint density at radius 2 is 2.19 bits per heavy atom. The quantitative estimate of drug-likeness (QED) is 0.857. The third-order valence-corrected chi connectivity index (χ3v) is 3.00. The molecule has 1 aliphatic carbocycles. The first-order valence-corrected chi connectivity index (χ1v) is 5.85. The Morgan fingerprint density at radius 3 is 2.81 bits per heavy atom. The molecule has 2 rings (SSSR count). The number of hydrogen-bond donors (Lipinski definition) is 1. The van der Waals surface area contributed by atoms with Gasteiger partial charge in [0.25, 0.3) is 0 Å². The summed E-state index contributed by atoms with van der Waals surface area (Å²) in [5.74, 6) is 1.35. The van der Waals surface area contributed by atoms with Gasteiger partial charge in [0.2, 0.25) is 11.2 Å². The van der Waals surface area contributed by atoms with Crippen LogP contribution in [-0.4, -0.2) is 28.6 Å². The molecular formula is C10H15ClN4O. The van der Waals surface area contributed by atoms with Crippen molar-refractivity contribution in [1.29, 1.82) is 0 Å². The van der Waals surface area contributed by atoms with Gasteiger partial charge >= 0.3 is 6.01 Å². The number of hydrogen-bond acceptors (Lipinski definition) is 5. The van der Waals surface area contributed by atoms with Crippen LogP contribution in [0.4, 0.5) is 5.95 Å². The zero-order chi connectivity index (χ0) is 11.4. The summed E-state index contributed by atoms with van der Waals surface area (Å²) >= 11 is 5.73. The summed E-state index contributed by atoms with van der Waals surface area (Å²) in [6.45, 7) is 0.869. The molecule has 0 bridgehead atoms. The van der Waals surface area contributed by atoms with Crippen LogP contribution in [0.25, 0.3) is 0 Å². The summed E-state index contributed by atoms with van der Waals surface area (Å²) in [7, 11) is 1.50. The fraction of sp³-hybridized carbons (Fsp3) is 0.700. The van der Waals surface area contributed by atoms with Gasteiger partial charge in [0.15, 0.2) is 0 Å². The van der Waals surface area contributed by atoms with E-state index in [1.165, 1.54) is 26.4 Å². The van der Waals surface area contributed by atoms with E-state index in [-0.39, 0.29) is 11.3 Å². The van der Waals surface area contributed by atoms with Crippen LogP contribution in [0.3, 0.4) is 0 Å². The van der Waals surface area contributed by atoms with Gasteiger partial charge in [-0.15, -0.1) is 0 Å². The Bertz CT molecular complexity index is 357. The van der Waals surface area contributed by atoms with Crippen LogP contribution in [-0.2, 0) is 0 Å². The minimum atomic E-state index is 0.151. The van der Waals surface area contributed by atoms with Gasteiger partial charge in [-0.3, -0.25) is 0 Å². The van der Waals surface area contributed by atoms with Crippen molar-refractivity contribution in [3.05, 3.63) is 5.28 Å². The van der Waals surface area contributed by atoms with E-state index in [0.29, 0.717) is 5.95 Å². The molecule has 0 amide bonds. The second kappa shape index (κ2) is 5.30. The monoisotopic (exact) mass is 242 g/mol. The fourth-order valence-electron chi connectivity index (χ4n) is 1.67. The van der Waals surface area contributed by atoms with Gasteiger partial charge in [-0.2, -0.15) is 15.0 Å². The van der Waals surface area contributed by atoms with Crippen molar-refractivity contribution in [2.75, 3.05) is 19.0 Å². The molecule has 1 fully saturated rings. The zero-order valence-corrected chi connectivity index (χ0v) is 10.00. The molecule has 6 heteroatoms. The lowest BCUT2D eigenvalue weighted by Gasteiger charge is -2.25. The third kappa shape index (κ3) is 2.95. The van der Waals surface area contributed by atoms with E-state index in [1.807, 2.05) is 0 Å². The van der Waals surface area contributed by atoms with Gasteiger partial charge in [0, 0.05) is 6.54 Å². The third-order valence-electron chi connectivity index (χ3n) is 2.83. The minimum Gasteiger partial charge on any atom is -0.467 e. The zero-order valence-electron chi connectivity index (χ0n) is 9.24. The van der Waals surface area contributed by atoms with Crippen molar-refractivity contribution < 1.29 is 4.74 Å². The molecule has 0 aromatic carbocycles. The molecule has 1 aliphatic rings. The number of methoxy groups -OCH3 is 1. The molecule has 0 spiro atoms. The predicted octanol–water partition coefficient (Wildman–Crippen LogP) is 2.14. The maximum Gasteiger partial charge on any atom is 0.322 e. The molecule has 1 N–H and O–H groups in total. The summed E-state index contributed by atoms with van der Waals surface area (Å²) < 4.78 is 4.91. The van der Waals surface area contributed by atoms with E-state index < -0.39 is 0 Å². The molecule has 0 atom stereocenters. The van der Waals surface area contributed by atoms with Crippen molar-refractivity contribution in [2.24, 2.45) is 5.92 Å². The molecular weight excluding hydrogens is 228 g/mol. The van der Waals surface area contributed by atoms with E-state index in [4.69, 9.17) is 16.3 Å². The van der Waals surface area contributed by atoms with E-state index >= 15 is 0 Å². The number of anilines is 1. The Kier molecular flexibility index (Phi) is 3.77. The lowest BCUT2D eigenvalue weighted by Crippen LogP contribution is -2.16. The van der Waals surface area contributed by atoms with Crippen LogP contribution in [0.5, 0.6) is 6.01 Å². The summed E-state index contributed by atoms with van der Waals surface area (Å²) in [5, 5.41) is 3.28. The van der Waals surface area contributed by atoms with Crippen LogP contribution in [0, 0.1) is 5.92 Å². The largest absolute Gasteiger partial charge is 0.467 e. The molecule has 1 aromatic rings. The fourth-order valence-corrected chi connectivity index (χ4v) is 1.82. The molecule has 1 heterocycles. The highest BCUT2D eigenvalue weighted by Crippen LogP contribution is 2.29. The van der Waals surface area contributed by atoms with Gasteiger partial charge in [-0.25, -0.2) is 0 Å². The van der Waals surface area contributed by atoms with Crippen molar-refractivity contribution in [3.63, 3.8) is 0 Å². The van der Waals surface area contributed by atoms with E-state index in [9.17, 15) is 0 Å². The van der Waals surface area contributed by atoms with Crippen LogP contribution in [0.1, 0.15) is 25.7 Å². The number of rotatable bonds is 5. The molecule has 0 saturated heterocycles. The van der Waals surface area contributed by atoms with Crippen molar-refractivity contribution in [3.8, 4) is 6.01 Å². The highest BCUT2D eigenvalue weighted by molar-refractivity contribution is 6.28. The summed E-state index contributed by atoms with van der Waals surface area (Å²) in [6, 6.07) is 0.242. The number of nitrogens with one attached hydrogen (secondary N) is 1. The van der Waals surface area contributed by atoms with Crippen molar-refractivity contribution >= 4 is 17.5 Å². The first-order chi connectivity index (χ1) is 7.78. The highest BCUT2D eigenvalue weighted by atomic mass is 35.5. The average Bonchev–Trinajstić information content (AvgIpc) is 2.21. The molecule has 0 unspecified atom stereocenters. The lowest BCUT2D eigenvalue weighted by molar-refractivity contribution is 0.302. The molecule has 0 aliphatic heterocycles. The van der Waals surface area contributed by atoms with Crippen LogP contribution < -0.4 is 10.1 Å². The van der Waals surface area contributed by atoms with Crippen molar-refractivity contribution in [2.45, 2.75) is 25.7 Å². The molecule has 1 saturated carbocycles. The second-order valence-electron chi connectivity index (χ2n) is 3.93. The summed E-state index contributed by atoms with van der Waals surface area (Å²) in [5.41, 5.74) is 0. The standard InChI is InChI=1S/C10H15ClN4O/c1-16-10-14-8(11)13-9(15-10)12-6-5-7-3-2-4-7/h7H,2-6H2,1H3,(H,12,13,14,15). The number of halogens is 1. The van der Waals surface area contributed by atoms with Crippen LogP contribution >= 0.6 is 11.6 Å². The SMILES string of the molecule is COc1nc(Cl)nc(NCCC2CCC2)n1. The maximum atomic E-state index is 5.73. The van der Waals surface area contributed by atoms with Gasteiger partial charge in [0.1, 0.15) is 0 Å². The number of nitrogens with zero attached hydrogens (tertiary/aromatic N) is 3. The van der Waals surface area contributed by atoms with Gasteiger partial charge in [-0.05, 0) is 23.9 Å². The average molecular weight is 243 g/mol. The van der Waals surface area contributed by atoms with E-state index in [2.05, 4.69) is 20.3 Å². The van der Waals surface area contributed by atoms with Gasteiger partial charge in [0.05, 0.1) is 7.11 Å². The predicted molar refractivity (Wildman–Crippen MR) is 61.8 cm³/mol. The molecule has 0 radical (unpaired) electrons. The Balaban J connectivity index is 1.84. The highest BCUT2D eigenvalue weighted by Gasteiger charge is 2.16. The second-order valence-corrected chi connectivity index (χ2v) is 4.27. The molecule has 1 aromatic heterocycles. The van der Waals surface area contributed by atoms with Crippen molar-refractivity contribution in [1.82, 2.24) is 15.0 Å². The smallest absolute Gasteiger partial charge is 0.322 e. The number of aromatic nitrogens is 3. The van der Waals surface area contributed by atoms with Crippen LogP contribution in [0.15, 0.2) is 0 Å². The van der Waals surface area contributed by atoms with Crippen LogP contribution in [0.2, 0.25) is 5.28 Å². The summed E-state index contributed by atoms with van der Waals surface area (Å²) in [6.07, 6.45) is 5.23. The first-order valence-electron chi connectivity index (χ1n) is 5.47. The lowest BCUT2D eigenvalue weighted by atomic mass is 9.83. The van der Waals surface area contributed by atoms with Gasteiger partial charge in [-0.1, -0.05) is 19.3 Å². The Morgan fingerprint density at radius 1 is 1.38 bits per heavy atom. The molecule has 88 valence electrons. The topological polar surface area (TPSA) is 59.9 Å².